The van der Waals surface area contributed by atoms with Gasteiger partial charge in [0, 0.05) is 25.9 Å². The second-order valence-electron chi connectivity index (χ2n) is 6.59. The van der Waals surface area contributed by atoms with Crippen LogP contribution in [0.3, 0.4) is 0 Å². The van der Waals surface area contributed by atoms with Crippen molar-refractivity contribution < 1.29 is 14.3 Å². The third kappa shape index (κ3) is 4.36. The molecule has 1 aromatic carbocycles. The first-order valence-electron chi connectivity index (χ1n) is 9.40. The van der Waals surface area contributed by atoms with Gasteiger partial charge in [0.25, 0.3) is 11.8 Å². The maximum atomic E-state index is 12.8. The Hall–Kier alpha value is -2.67. The molecule has 0 bridgehead atoms. The fourth-order valence-corrected chi connectivity index (χ4v) is 3.26. The zero-order valence-corrected chi connectivity index (χ0v) is 15.9. The van der Waals surface area contributed by atoms with Crippen molar-refractivity contribution in [3.8, 4) is 0 Å². The van der Waals surface area contributed by atoms with E-state index in [4.69, 9.17) is 4.74 Å². The molecule has 3 rings (SSSR count). The molecule has 2 heterocycles. The van der Waals surface area contributed by atoms with E-state index in [0.717, 1.165) is 37.1 Å². The molecule has 0 spiro atoms. The predicted molar refractivity (Wildman–Crippen MR) is 103 cm³/mol. The van der Waals surface area contributed by atoms with Gasteiger partial charge < -0.3 is 19.9 Å². The SMILES string of the molecule is CCc1ccc(NC(=O)c2nc(C(=O)NCCOC)n3c2CCCC3)cc1. The lowest BCUT2D eigenvalue weighted by atomic mass is 10.1. The van der Waals surface area contributed by atoms with Crippen LogP contribution in [0.1, 0.15) is 52.1 Å². The van der Waals surface area contributed by atoms with E-state index < -0.39 is 0 Å². The van der Waals surface area contributed by atoms with E-state index in [1.165, 1.54) is 5.56 Å². The Morgan fingerprint density at radius 1 is 1.19 bits per heavy atom. The summed E-state index contributed by atoms with van der Waals surface area (Å²) < 4.78 is 6.84. The summed E-state index contributed by atoms with van der Waals surface area (Å²) in [6.45, 7) is 3.63. The van der Waals surface area contributed by atoms with Crippen LogP contribution in [0.2, 0.25) is 0 Å². The molecule has 7 heteroatoms. The number of anilines is 1. The number of benzene rings is 1. The van der Waals surface area contributed by atoms with Gasteiger partial charge in [-0.25, -0.2) is 4.98 Å². The summed E-state index contributed by atoms with van der Waals surface area (Å²) in [5.41, 5.74) is 3.11. The molecule has 0 aliphatic carbocycles. The van der Waals surface area contributed by atoms with Crippen molar-refractivity contribution in [3.05, 3.63) is 47.0 Å². The Bertz CT molecular complexity index is 811. The van der Waals surface area contributed by atoms with Crippen LogP contribution in [-0.2, 0) is 24.1 Å². The van der Waals surface area contributed by atoms with Crippen molar-refractivity contribution in [2.24, 2.45) is 0 Å². The van der Waals surface area contributed by atoms with Crippen LogP contribution in [0, 0.1) is 0 Å². The molecule has 144 valence electrons. The number of hydrogen-bond acceptors (Lipinski definition) is 4. The second-order valence-corrected chi connectivity index (χ2v) is 6.59. The second kappa shape index (κ2) is 8.81. The van der Waals surface area contributed by atoms with Gasteiger partial charge in [0.1, 0.15) is 0 Å². The first kappa shape index (κ1) is 19.1. The smallest absolute Gasteiger partial charge is 0.287 e. The van der Waals surface area contributed by atoms with Gasteiger partial charge in [-0.1, -0.05) is 19.1 Å². The van der Waals surface area contributed by atoms with E-state index in [-0.39, 0.29) is 11.8 Å². The molecule has 7 nitrogen and oxygen atoms in total. The summed E-state index contributed by atoms with van der Waals surface area (Å²) in [5.74, 6) is -0.255. The van der Waals surface area contributed by atoms with Gasteiger partial charge >= 0.3 is 0 Å². The normalized spacial score (nSPS) is 13.1. The number of nitrogens with zero attached hydrogens (tertiary/aromatic N) is 2. The highest BCUT2D eigenvalue weighted by atomic mass is 16.5. The average Bonchev–Trinajstić information content (AvgIpc) is 3.09. The largest absolute Gasteiger partial charge is 0.383 e. The van der Waals surface area contributed by atoms with Crippen molar-refractivity contribution in [2.45, 2.75) is 39.2 Å². The molecule has 0 saturated heterocycles. The number of carbonyl (C=O) groups excluding carboxylic acids is 2. The average molecular weight is 370 g/mol. The highest BCUT2D eigenvalue weighted by molar-refractivity contribution is 6.05. The Kier molecular flexibility index (Phi) is 6.24. The lowest BCUT2D eigenvalue weighted by Crippen LogP contribution is -2.30. The zero-order chi connectivity index (χ0) is 19.2. The van der Waals surface area contributed by atoms with Crippen LogP contribution >= 0.6 is 0 Å². The minimum Gasteiger partial charge on any atom is -0.383 e. The summed E-state index contributed by atoms with van der Waals surface area (Å²) in [6.07, 6.45) is 3.66. The van der Waals surface area contributed by atoms with Gasteiger partial charge in [0.2, 0.25) is 0 Å². The molecule has 2 aromatic rings. The fourth-order valence-electron chi connectivity index (χ4n) is 3.26. The lowest BCUT2D eigenvalue weighted by molar-refractivity contribution is 0.0921. The summed E-state index contributed by atoms with van der Waals surface area (Å²) in [5, 5.41) is 5.68. The van der Waals surface area contributed by atoms with Crippen molar-refractivity contribution in [1.29, 1.82) is 0 Å². The van der Waals surface area contributed by atoms with Crippen LogP contribution in [0.5, 0.6) is 0 Å². The zero-order valence-electron chi connectivity index (χ0n) is 15.9. The van der Waals surface area contributed by atoms with E-state index in [1.54, 1.807) is 7.11 Å². The molecule has 27 heavy (non-hydrogen) atoms. The maximum Gasteiger partial charge on any atom is 0.287 e. The number of ether oxygens (including phenoxy) is 1. The van der Waals surface area contributed by atoms with Gasteiger partial charge in [-0.15, -0.1) is 0 Å². The third-order valence-electron chi connectivity index (χ3n) is 4.75. The van der Waals surface area contributed by atoms with E-state index in [2.05, 4.69) is 22.5 Å². The molecular formula is C20H26N4O3. The number of nitrogens with one attached hydrogen (secondary N) is 2. The van der Waals surface area contributed by atoms with E-state index in [9.17, 15) is 9.59 Å². The Labute approximate surface area is 159 Å². The van der Waals surface area contributed by atoms with Gasteiger partial charge in [0.15, 0.2) is 11.5 Å². The maximum absolute atomic E-state index is 12.8. The minimum absolute atomic E-state index is 0.276. The summed E-state index contributed by atoms with van der Waals surface area (Å²) in [6, 6.07) is 7.76. The van der Waals surface area contributed by atoms with E-state index in [1.807, 2.05) is 28.8 Å². The Morgan fingerprint density at radius 2 is 1.96 bits per heavy atom. The van der Waals surface area contributed by atoms with Crippen molar-refractivity contribution >= 4 is 17.5 Å². The summed E-state index contributed by atoms with van der Waals surface area (Å²) in [4.78, 5) is 29.7. The quantitative estimate of drug-likeness (QED) is 0.733. The minimum atomic E-state index is -0.277. The highest BCUT2D eigenvalue weighted by Crippen LogP contribution is 2.22. The van der Waals surface area contributed by atoms with Crippen LogP contribution in [0.15, 0.2) is 24.3 Å². The highest BCUT2D eigenvalue weighted by Gasteiger charge is 2.27. The topological polar surface area (TPSA) is 85.2 Å². The molecule has 0 fully saturated rings. The van der Waals surface area contributed by atoms with Crippen molar-refractivity contribution in [2.75, 3.05) is 25.6 Å². The number of carbonyl (C=O) groups is 2. The first-order chi connectivity index (χ1) is 13.1. The molecule has 1 aliphatic rings. The number of amides is 2. The number of fused-ring (bicyclic) bond motifs is 1. The first-order valence-corrected chi connectivity index (χ1v) is 9.40. The molecule has 0 unspecified atom stereocenters. The predicted octanol–water partition coefficient (Wildman–Crippen LogP) is 2.41. The van der Waals surface area contributed by atoms with Crippen molar-refractivity contribution in [3.63, 3.8) is 0 Å². The van der Waals surface area contributed by atoms with E-state index in [0.29, 0.717) is 31.2 Å². The van der Waals surface area contributed by atoms with Gasteiger partial charge in [-0.3, -0.25) is 9.59 Å². The molecule has 0 saturated carbocycles. The fraction of sp³-hybridized carbons (Fsp3) is 0.450. The molecular weight excluding hydrogens is 344 g/mol. The summed E-state index contributed by atoms with van der Waals surface area (Å²) >= 11 is 0. The third-order valence-corrected chi connectivity index (χ3v) is 4.75. The number of hydrogen-bond donors (Lipinski definition) is 2. The van der Waals surface area contributed by atoms with Crippen LogP contribution in [0.4, 0.5) is 5.69 Å². The monoisotopic (exact) mass is 370 g/mol. The molecule has 2 N–H and O–H groups in total. The van der Waals surface area contributed by atoms with Crippen LogP contribution in [-0.4, -0.2) is 41.6 Å². The number of rotatable bonds is 7. The van der Waals surface area contributed by atoms with E-state index >= 15 is 0 Å². The Morgan fingerprint density at radius 3 is 2.67 bits per heavy atom. The molecule has 2 amide bonds. The molecule has 0 radical (unpaired) electrons. The molecule has 1 aliphatic heterocycles. The molecule has 1 aromatic heterocycles. The Balaban J connectivity index is 1.81. The van der Waals surface area contributed by atoms with Crippen molar-refractivity contribution in [1.82, 2.24) is 14.9 Å². The summed E-state index contributed by atoms with van der Waals surface area (Å²) in [7, 11) is 1.58. The van der Waals surface area contributed by atoms with Crippen LogP contribution in [0.25, 0.3) is 0 Å². The molecule has 0 atom stereocenters. The van der Waals surface area contributed by atoms with Gasteiger partial charge in [-0.05, 0) is 43.4 Å². The van der Waals surface area contributed by atoms with Gasteiger partial charge in [-0.2, -0.15) is 0 Å². The van der Waals surface area contributed by atoms with Crippen LogP contribution < -0.4 is 10.6 Å². The standard InChI is InChI=1S/C20H26N4O3/c1-3-14-7-9-15(10-8-14)22-19(25)17-16-6-4-5-12-24(16)18(23-17)20(26)21-11-13-27-2/h7-10H,3-6,11-13H2,1-2H3,(H,21,26)(H,22,25). The van der Waals surface area contributed by atoms with Gasteiger partial charge in [0.05, 0.1) is 12.3 Å². The lowest BCUT2D eigenvalue weighted by Gasteiger charge is -2.17. The number of imidazole rings is 1. The number of methoxy groups -OCH3 is 1. The number of aromatic nitrogens is 2. The number of aryl methyl sites for hydroxylation is 1.